The largest absolute Gasteiger partial charge is 0.326 e. The zero-order valence-corrected chi connectivity index (χ0v) is 9.70. The van der Waals surface area contributed by atoms with Gasteiger partial charge in [-0.05, 0) is 37.5 Å². The summed E-state index contributed by atoms with van der Waals surface area (Å²) in [5.74, 6) is 0.0507. The van der Waals surface area contributed by atoms with E-state index in [2.05, 4.69) is 18.3 Å². The van der Waals surface area contributed by atoms with Crippen LogP contribution in [0.1, 0.15) is 25.3 Å². The summed E-state index contributed by atoms with van der Waals surface area (Å²) < 4.78 is 0. The van der Waals surface area contributed by atoms with Gasteiger partial charge >= 0.3 is 0 Å². The molecule has 0 aliphatic carbocycles. The molecule has 1 aromatic carbocycles. The molecule has 1 radical (unpaired) electrons. The van der Waals surface area contributed by atoms with Crippen LogP contribution < -0.4 is 5.32 Å². The summed E-state index contributed by atoms with van der Waals surface area (Å²) in [5, 5.41) is 2.85. The molecule has 85 valence electrons. The van der Waals surface area contributed by atoms with Crippen LogP contribution in [0.25, 0.3) is 0 Å². The number of allylic oxidation sites excluding steroid dienone is 2. The second kappa shape index (κ2) is 6.83. The van der Waals surface area contributed by atoms with Gasteiger partial charge in [0.25, 0.3) is 0 Å². The standard InChI is InChI=1S/C14H18NO/c1-3-5-6-8-12-9-7-10-13(11-12)15-14(16)4-2/h3,5,7,9-11H,1,4,6,8H2,2H3,(H,15,16)/b5-3+. The first-order valence-corrected chi connectivity index (χ1v) is 5.59. The molecule has 2 nitrogen and oxygen atoms in total. The van der Waals surface area contributed by atoms with Crippen molar-refractivity contribution in [1.29, 1.82) is 0 Å². The monoisotopic (exact) mass is 216 g/mol. The van der Waals surface area contributed by atoms with Crippen LogP contribution in [0.4, 0.5) is 5.69 Å². The van der Waals surface area contributed by atoms with Crippen LogP contribution in [-0.2, 0) is 11.2 Å². The molecular formula is C14H18NO. The summed E-state index contributed by atoms with van der Waals surface area (Å²) >= 11 is 0. The molecule has 1 amide bonds. The molecule has 0 aromatic heterocycles. The third-order valence-corrected chi connectivity index (χ3v) is 2.30. The normalized spacial score (nSPS) is 10.6. The molecule has 0 bridgehead atoms. The van der Waals surface area contributed by atoms with E-state index in [1.165, 1.54) is 5.56 Å². The number of hydrogen-bond donors (Lipinski definition) is 1. The predicted octanol–water partition coefficient (Wildman–Crippen LogP) is 3.36. The van der Waals surface area contributed by atoms with Gasteiger partial charge in [-0.2, -0.15) is 0 Å². The maximum Gasteiger partial charge on any atom is 0.224 e. The van der Waals surface area contributed by atoms with Gasteiger partial charge in [0.2, 0.25) is 5.91 Å². The second-order valence-electron chi connectivity index (χ2n) is 3.61. The highest BCUT2D eigenvalue weighted by molar-refractivity contribution is 5.90. The van der Waals surface area contributed by atoms with E-state index < -0.39 is 0 Å². The molecule has 1 aromatic rings. The van der Waals surface area contributed by atoms with Crippen molar-refractivity contribution in [2.45, 2.75) is 26.2 Å². The van der Waals surface area contributed by atoms with Gasteiger partial charge in [0.1, 0.15) is 0 Å². The van der Waals surface area contributed by atoms with E-state index in [4.69, 9.17) is 0 Å². The van der Waals surface area contributed by atoms with Crippen molar-refractivity contribution in [2.75, 3.05) is 5.32 Å². The maximum atomic E-state index is 11.2. The van der Waals surface area contributed by atoms with Crippen LogP contribution in [-0.4, -0.2) is 5.91 Å². The van der Waals surface area contributed by atoms with E-state index in [9.17, 15) is 4.79 Å². The molecular weight excluding hydrogens is 198 g/mol. The Labute approximate surface area is 97.4 Å². The maximum absolute atomic E-state index is 11.2. The van der Waals surface area contributed by atoms with E-state index in [1.807, 2.05) is 37.3 Å². The minimum Gasteiger partial charge on any atom is -0.326 e. The predicted molar refractivity (Wildman–Crippen MR) is 68.2 cm³/mol. The van der Waals surface area contributed by atoms with Crippen LogP contribution in [0.3, 0.4) is 0 Å². The van der Waals surface area contributed by atoms with Crippen molar-refractivity contribution >= 4 is 11.6 Å². The van der Waals surface area contributed by atoms with Crippen LogP contribution in [0.2, 0.25) is 0 Å². The van der Waals surface area contributed by atoms with Gasteiger partial charge in [-0.3, -0.25) is 4.79 Å². The molecule has 0 spiro atoms. The van der Waals surface area contributed by atoms with E-state index >= 15 is 0 Å². The number of carbonyl (C=O) groups is 1. The van der Waals surface area contributed by atoms with Crippen molar-refractivity contribution in [1.82, 2.24) is 0 Å². The molecule has 0 saturated carbocycles. The summed E-state index contributed by atoms with van der Waals surface area (Å²) in [6.45, 7) is 5.49. The highest BCUT2D eigenvalue weighted by Gasteiger charge is 1.99. The Balaban J connectivity index is 2.60. The molecule has 0 unspecified atom stereocenters. The zero-order chi connectivity index (χ0) is 11.8. The second-order valence-corrected chi connectivity index (χ2v) is 3.61. The van der Waals surface area contributed by atoms with Crippen molar-refractivity contribution in [3.63, 3.8) is 0 Å². The summed E-state index contributed by atoms with van der Waals surface area (Å²) in [7, 11) is 0. The fourth-order valence-corrected chi connectivity index (χ4v) is 1.42. The van der Waals surface area contributed by atoms with Gasteiger partial charge in [-0.15, -0.1) is 0 Å². The quantitative estimate of drug-likeness (QED) is 0.803. The summed E-state index contributed by atoms with van der Waals surface area (Å²) in [4.78, 5) is 11.2. The van der Waals surface area contributed by atoms with Crippen LogP contribution in [0.5, 0.6) is 0 Å². The smallest absolute Gasteiger partial charge is 0.224 e. The van der Waals surface area contributed by atoms with Gasteiger partial charge < -0.3 is 5.32 Å². The third kappa shape index (κ3) is 4.30. The van der Waals surface area contributed by atoms with Gasteiger partial charge in [0.15, 0.2) is 0 Å². The molecule has 0 atom stereocenters. The van der Waals surface area contributed by atoms with Gasteiger partial charge in [0.05, 0.1) is 0 Å². The Kier molecular flexibility index (Phi) is 5.34. The Hall–Kier alpha value is -1.57. The van der Waals surface area contributed by atoms with Gasteiger partial charge in [0, 0.05) is 12.1 Å². The van der Waals surface area contributed by atoms with Gasteiger partial charge in [-0.1, -0.05) is 31.2 Å². The van der Waals surface area contributed by atoms with Gasteiger partial charge in [-0.25, -0.2) is 0 Å². The number of amides is 1. The lowest BCUT2D eigenvalue weighted by atomic mass is 10.1. The Bertz CT molecular complexity index is 369. The molecule has 16 heavy (non-hydrogen) atoms. The Morgan fingerprint density at radius 1 is 1.50 bits per heavy atom. The first kappa shape index (κ1) is 12.5. The average molecular weight is 216 g/mol. The lowest BCUT2D eigenvalue weighted by Gasteiger charge is -2.05. The minimum atomic E-state index is 0.0507. The number of benzene rings is 1. The van der Waals surface area contributed by atoms with Crippen molar-refractivity contribution < 1.29 is 4.79 Å². The molecule has 2 heteroatoms. The average Bonchev–Trinajstić information content (AvgIpc) is 2.30. The molecule has 1 rings (SSSR count). The molecule has 0 fully saturated rings. The van der Waals surface area contributed by atoms with Crippen LogP contribution in [0, 0.1) is 6.92 Å². The molecule has 0 aliphatic heterocycles. The third-order valence-electron chi connectivity index (χ3n) is 2.30. The molecule has 0 aliphatic rings. The fourth-order valence-electron chi connectivity index (χ4n) is 1.42. The summed E-state index contributed by atoms with van der Waals surface area (Å²) in [6.07, 6.45) is 6.31. The Morgan fingerprint density at radius 2 is 2.31 bits per heavy atom. The Morgan fingerprint density at radius 3 is 3.00 bits per heavy atom. The van der Waals surface area contributed by atoms with E-state index in [0.717, 1.165) is 18.5 Å². The number of aryl methyl sites for hydroxylation is 1. The summed E-state index contributed by atoms with van der Waals surface area (Å²) in [6, 6.07) is 7.96. The lowest BCUT2D eigenvalue weighted by Crippen LogP contribution is -2.09. The zero-order valence-electron chi connectivity index (χ0n) is 9.70. The van der Waals surface area contributed by atoms with Crippen LogP contribution >= 0.6 is 0 Å². The van der Waals surface area contributed by atoms with Crippen molar-refractivity contribution in [2.24, 2.45) is 0 Å². The SMILES string of the molecule is [CH2]/C=C/CCc1cccc(NC(=O)CC)c1. The number of anilines is 1. The number of rotatable bonds is 5. The minimum absolute atomic E-state index is 0.0507. The lowest BCUT2D eigenvalue weighted by molar-refractivity contribution is -0.115. The van der Waals surface area contributed by atoms with E-state index in [0.29, 0.717) is 6.42 Å². The topological polar surface area (TPSA) is 29.1 Å². The number of hydrogen-bond acceptors (Lipinski definition) is 1. The first-order chi connectivity index (χ1) is 7.76. The van der Waals surface area contributed by atoms with Crippen molar-refractivity contribution in [3.8, 4) is 0 Å². The van der Waals surface area contributed by atoms with E-state index in [-0.39, 0.29) is 5.91 Å². The summed E-state index contributed by atoms with van der Waals surface area (Å²) in [5.41, 5.74) is 2.11. The van der Waals surface area contributed by atoms with E-state index in [1.54, 1.807) is 0 Å². The highest BCUT2D eigenvalue weighted by atomic mass is 16.1. The van der Waals surface area contributed by atoms with Crippen molar-refractivity contribution in [3.05, 3.63) is 48.9 Å². The molecule has 1 N–H and O–H groups in total. The number of nitrogens with one attached hydrogen (secondary N) is 1. The number of carbonyl (C=O) groups excluding carboxylic acids is 1. The first-order valence-electron chi connectivity index (χ1n) is 5.59. The fraction of sp³-hybridized carbons (Fsp3) is 0.286. The molecule has 0 saturated heterocycles. The molecule has 0 heterocycles. The highest BCUT2D eigenvalue weighted by Crippen LogP contribution is 2.12. The van der Waals surface area contributed by atoms with Crippen LogP contribution in [0.15, 0.2) is 36.4 Å².